The number of nitrogens with two attached hydrogens (primary N) is 2. The highest BCUT2D eigenvalue weighted by atomic mass is 35.5. The number of hydrogen-bond donors (Lipinski definition) is 3. The Morgan fingerprint density at radius 2 is 1.73 bits per heavy atom. The summed E-state index contributed by atoms with van der Waals surface area (Å²) < 4.78 is 0. The highest BCUT2D eigenvalue weighted by Gasteiger charge is 2.11. The van der Waals surface area contributed by atoms with Crippen molar-refractivity contribution in [2.75, 3.05) is 0 Å². The molecular weight excluding hydrogens is 216 g/mol. The standard InChI is InChI=1S/C10H14N2O2.ClH/c11-6-8-3-1-7(2-4-8)5-9(12)10(13)14;/h1-4,9H,5-6,11-12H2,(H,13,14);1H/t9-;/m0./s1. The van der Waals surface area contributed by atoms with Crippen LogP contribution in [0, 0.1) is 0 Å². The maximum absolute atomic E-state index is 10.5. The summed E-state index contributed by atoms with van der Waals surface area (Å²) >= 11 is 0. The summed E-state index contributed by atoms with van der Waals surface area (Å²) in [6, 6.07) is 6.63. The topological polar surface area (TPSA) is 89.3 Å². The molecule has 0 aromatic heterocycles. The molecule has 15 heavy (non-hydrogen) atoms. The van der Waals surface area contributed by atoms with Crippen molar-refractivity contribution in [3.05, 3.63) is 35.4 Å². The molecule has 0 aliphatic carbocycles. The second kappa shape index (κ2) is 6.40. The number of carboxylic acids is 1. The van der Waals surface area contributed by atoms with Gasteiger partial charge in [0, 0.05) is 6.54 Å². The van der Waals surface area contributed by atoms with Crippen molar-refractivity contribution in [3.8, 4) is 0 Å². The maximum atomic E-state index is 10.5. The lowest BCUT2D eigenvalue weighted by Crippen LogP contribution is -2.32. The van der Waals surface area contributed by atoms with Crippen LogP contribution >= 0.6 is 12.4 Å². The molecule has 84 valence electrons. The van der Waals surface area contributed by atoms with E-state index in [4.69, 9.17) is 16.6 Å². The molecule has 1 rings (SSSR count). The maximum Gasteiger partial charge on any atom is 0.320 e. The van der Waals surface area contributed by atoms with Gasteiger partial charge in [-0.05, 0) is 17.5 Å². The zero-order valence-electron chi connectivity index (χ0n) is 8.22. The number of halogens is 1. The molecule has 0 saturated carbocycles. The summed E-state index contributed by atoms with van der Waals surface area (Å²) in [6.45, 7) is 0.491. The molecule has 0 spiro atoms. The molecule has 0 bridgehead atoms. The van der Waals surface area contributed by atoms with E-state index >= 15 is 0 Å². The fraction of sp³-hybridized carbons (Fsp3) is 0.300. The predicted octanol–water partition coefficient (Wildman–Crippen LogP) is 0.521. The molecule has 1 aromatic rings. The molecule has 0 saturated heterocycles. The van der Waals surface area contributed by atoms with Crippen LogP contribution < -0.4 is 11.5 Å². The van der Waals surface area contributed by atoms with Crippen molar-refractivity contribution in [2.24, 2.45) is 11.5 Å². The first-order chi connectivity index (χ1) is 6.63. The Hall–Kier alpha value is -1.10. The van der Waals surface area contributed by atoms with Crippen LogP contribution in [0.25, 0.3) is 0 Å². The van der Waals surface area contributed by atoms with Crippen molar-refractivity contribution in [3.63, 3.8) is 0 Å². The number of rotatable bonds is 4. The summed E-state index contributed by atoms with van der Waals surface area (Å²) in [5.74, 6) is -0.979. The third kappa shape index (κ3) is 4.29. The molecule has 0 fully saturated rings. The average Bonchev–Trinajstić information content (AvgIpc) is 2.19. The van der Waals surface area contributed by atoms with Gasteiger partial charge >= 0.3 is 5.97 Å². The van der Waals surface area contributed by atoms with Crippen LogP contribution in [0.3, 0.4) is 0 Å². The number of carbonyl (C=O) groups is 1. The quantitative estimate of drug-likeness (QED) is 0.704. The van der Waals surface area contributed by atoms with E-state index in [1.165, 1.54) is 0 Å². The molecule has 0 heterocycles. The minimum Gasteiger partial charge on any atom is -0.480 e. The highest BCUT2D eigenvalue weighted by molar-refractivity contribution is 5.85. The van der Waals surface area contributed by atoms with Gasteiger partial charge in [-0.25, -0.2) is 0 Å². The largest absolute Gasteiger partial charge is 0.480 e. The van der Waals surface area contributed by atoms with Gasteiger partial charge in [0.25, 0.3) is 0 Å². The Morgan fingerprint density at radius 3 is 2.13 bits per heavy atom. The number of benzene rings is 1. The number of carboxylic acid groups (broad SMARTS) is 1. The first-order valence-corrected chi connectivity index (χ1v) is 4.39. The van der Waals surface area contributed by atoms with E-state index in [0.29, 0.717) is 13.0 Å². The highest BCUT2D eigenvalue weighted by Crippen LogP contribution is 2.05. The Kier molecular flexibility index (Phi) is 5.93. The van der Waals surface area contributed by atoms with Gasteiger partial charge in [0.1, 0.15) is 6.04 Å². The monoisotopic (exact) mass is 230 g/mol. The summed E-state index contributed by atoms with van der Waals surface area (Å²) in [5, 5.41) is 8.60. The van der Waals surface area contributed by atoms with Crippen LogP contribution in [0.2, 0.25) is 0 Å². The van der Waals surface area contributed by atoms with Gasteiger partial charge in [-0.15, -0.1) is 12.4 Å². The summed E-state index contributed by atoms with van der Waals surface area (Å²) in [6.07, 6.45) is 0.347. The van der Waals surface area contributed by atoms with Gasteiger partial charge in [-0.2, -0.15) is 0 Å². The van der Waals surface area contributed by atoms with Crippen LogP contribution in [-0.2, 0) is 17.8 Å². The minimum absolute atomic E-state index is 0. The molecule has 1 aromatic carbocycles. The first-order valence-electron chi connectivity index (χ1n) is 4.39. The van der Waals surface area contributed by atoms with Gasteiger partial charge in [0.05, 0.1) is 0 Å². The van der Waals surface area contributed by atoms with E-state index in [2.05, 4.69) is 0 Å². The summed E-state index contributed by atoms with van der Waals surface area (Å²) in [4.78, 5) is 10.5. The summed E-state index contributed by atoms with van der Waals surface area (Å²) in [7, 11) is 0. The van der Waals surface area contributed by atoms with Crippen LogP contribution in [0.1, 0.15) is 11.1 Å². The van der Waals surface area contributed by atoms with Crippen molar-refractivity contribution >= 4 is 18.4 Å². The van der Waals surface area contributed by atoms with E-state index in [-0.39, 0.29) is 12.4 Å². The second-order valence-electron chi connectivity index (χ2n) is 3.17. The van der Waals surface area contributed by atoms with Crippen molar-refractivity contribution < 1.29 is 9.90 Å². The van der Waals surface area contributed by atoms with E-state index < -0.39 is 12.0 Å². The molecule has 0 amide bonds. The molecule has 5 N–H and O–H groups in total. The van der Waals surface area contributed by atoms with Crippen molar-refractivity contribution in [2.45, 2.75) is 19.0 Å². The molecule has 5 heteroatoms. The normalized spacial score (nSPS) is 11.6. The predicted molar refractivity (Wildman–Crippen MR) is 60.9 cm³/mol. The second-order valence-corrected chi connectivity index (χ2v) is 3.17. The number of hydrogen-bond acceptors (Lipinski definition) is 3. The van der Waals surface area contributed by atoms with E-state index in [9.17, 15) is 4.79 Å². The Morgan fingerprint density at radius 1 is 1.27 bits per heavy atom. The van der Waals surface area contributed by atoms with Gasteiger partial charge in [-0.3, -0.25) is 4.79 Å². The van der Waals surface area contributed by atoms with Crippen LogP contribution in [0.15, 0.2) is 24.3 Å². The smallest absolute Gasteiger partial charge is 0.320 e. The van der Waals surface area contributed by atoms with Crippen LogP contribution in [0.4, 0.5) is 0 Å². The average molecular weight is 231 g/mol. The van der Waals surface area contributed by atoms with Crippen LogP contribution in [0.5, 0.6) is 0 Å². The Balaban J connectivity index is 0.00000196. The molecule has 0 radical (unpaired) electrons. The fourth-order valence-corrected chi connectivity index (χ4v) is 1.15. The Bertz CT molecular complexity index is 314. The lowest BCUT2D eigenvalue weighted by Gasteiger charge is -2.06. The van der Waals surface area contributed by atoms with E-state index in [1.54, 1.807) is 0 Å². The molecule has 0 unspecified atom stereocenters. The minimum atomic E-state index is -0.979. The Labute approximate surface area is 94.7 Å². The molecule has 4 nitrogen and oxygen atoms in total. The lowest BCUT2D eigenvalue weighted by molar-refractivity contribution is -0.138. The van der Waals surface area contributed by atoms with E-state index in [0.717, 1.165) is 11.1 Å². The molecule has 0 aliphatic rings. The SMILES string of the molecule is Cl.NCc1ccc(C[C@H](N)C(=O)O)cc1. The van der Waals surface area contributed by atoms with Crippen molar-refractivity contribution in [1.82, 2.24) is 0 Å². The van der Waals surface area contributed by atoms with E-state index in [1.807, 2.05) is 24.3 Å². The third-order valence-corrected chi connectivity index (χ3v) is 2.03. The lowest BCUT2D eigenvalue weighted by atomic mass is 10.0. The van der Waals surface area contributed by atoms with Crippen molar-refractivity contribution in [1.29, 1.82) is 0 Å². The molecule has 0 aliphatic heterocycles. The zero-order valence-corrected chi connectivity index (χ0v) is 9.04. The van der Waals surface area contributed by atoms with Gasteiger partial charge in [-0.1, -0.05) is 24.3 Å². The third-order valence-electron chi connectivity index (χ3n) is 2.03. The summed E-state index contributed by atoms with van der Waals surface area (Å²) in [5.41, 5.74) is 12.8. The van der Waals surface area contributed by atoms with Gasteiger partial charge in [0.15, 0.2) is 0 Å². The fourth-order valence-electron chi connectivity index (χ4n) is 1.15. The van der Waals surface area contributed by atoms with Gasteiger partial charge < -0.3 is 16.6 Å². The van der Waals surface area contributed by atoms with Gasteiger partial charge in [0.2, 0.25) is 0 Å². The first kappa shape index (κ1) is 13.9. The molecule has 1 atom stereocenters. The zero-order chi connectivity index (χ0) is 10.6. The van der Waals surface area contributed by atoms with Crippen LogP contribution in [-0.4, -0.2) is 17.1 Å². The number of aliphatic carboxylic acids is 1. The molecular formula is C10H15ClN2O2.